The highest BCUT2D eigenvalue weighted by Gasteiger charge is 2.26. The minimum absolute atomic E-state index is 0.122. The maximum atomic E-state index is 11.8. The lowest BCUT2D eigenvalue weighted by Gasteiger charge is -2.21. The highest BCUT2D eigenvalue weighted by Crippen LogP contribution is 2.19. The van der Waals surface area contributed by atoms with Gasteiger partial charge in [-0.25, -0.2) is 4.79 Å². The Bertz CT molecular complexity index is 242. The van der Waals surface area contributed by atoms with Gasteiger partial charge in [-0.3, -0.25) is 0 Å². The molecule has 5 heteroatoms. The number of carbonyl (C=O) groups excluding carboxylic acids is 1. The fourth-order valence-electron chi connectivity index (χ4n) is 2.07. The first-order chi connectivity index (χ1) is 7.79. The first-order valence-electron chi connectivity index (χ1n) is 6.27. The third-order valence-electron chi connectivity index (χ3n) is 3.23. The first-order valence-corrected chi connectivity index (χ1v) is 6.27. The number of urea groups is 1. The zero-order valence-corrected chi connectivity index (χ0v) is 9.82. The van der Waals surface area contributed by atoms with Crippen molar-refractivity contribution in [2.24, 2.45) is 5.73 Å². The van der Waals surface area contributed by atoms with E-state index in [2.05, 4.69) is 10.2 Å². The van der Waals surface area contributed by atoms with Crippen LogP contribution < -0.4 is 11.1 Å². The molecule has 1 saturated heterocycles. The van der Waals surface area contributed by atoms with Gasteiger partial charge in [-0.1, -0.05) is 0 Å². The van der Waals surface area contributed by atoms with E-state index in [0.29, 0.717) is 12.6 Å². The Kier molecular flexibility index (Phi) is 4.01. The van der Waals surface area contributed by atoms with Crippen LogP contribution in [-0.2, 0) is 0 Å². The van der Waals surface area contributed by atoms with E-state index in [9.17, 15) is 4.79 Å². The summed E-state index contributed by atoms with van der Waals surface area (Å²) in [6, 6.07) is 0.577. The van der Waals surface area contributed by atoms with Crippen LogP contribution in [0.2, 0.25) is 0 Å². The van der Waals surface area contributed by atoms with Crippen molar-refractivity contribution in [3.63, 3.8) is 0 Å². The van der Waals surface area contributed by atoms with Crippen LogP contribution in [0.3, 0.4) is 0 Å². The van der Waals surface area contributed by atoms with E-state index in [1.54, 1.807) is 0 Å². The van der Waals surface area contributed by atoms with Crippen molar-refractivity contribution in [2.45, 2.75) is 25.3 Å². The van der Waals surface area contributed by atoms with Crippen molar-refractivity contribution in [1.82, 2.24) is 15.1 Å². The fraction of sp³-hybridized carbons (Fsp3) is 0.909. The standard InChI is InChI=1S/C11H22N4O/c12-4-7-14-5-1-6-15(9-8-14)11(16)13-10-2-3-10/h10H,1-9,12H2,(H,13,16). The molecule has 3 N–H and O–H groups in total. The normalized spacial score (nSPS) is 22.9. The van der Waals surface area contributed by atoms with Crippen LogP contribution in [0.1, 0.15) is 19.3 Å². The lowest BCUT2D eigenvalue weighted by molar-refractivity contribution is 0.198. The molecule has 5 nitrogen and oxygen atoms in total. The summed E-state index contributed by atoms with van der Waals surface area (Å²) >= 11 is 0. The van der Waals surface area contributed by atoms with Crippen LogP contribution in [0.5, 0.6) is 0 Å². The van der Waals surface area contributed by atoms with Gasteiger partial charge in [-0.2, -0.15) is 0 Å². The molecule has 0 atom stereocenters. The average molecular weight is 226 g/mol. The summed E-state index contributed by atoms with van der Waals surface area (Å²) < 4.78 is 0. The summed E-state index contributed by atoms with van der Waals surface area (Å²) in [6.07, 6.45) is 3.36. The van der Waals surface area contributed by atoms with Gasteiger partial charge in [0.15, 0.2) is 0 Å². The van der Waals surface area contributed by atoms with Crippen LogP contribution >= 0.6 is 0 Å². The second-order valence-electron chi connectivity index (χ2n) is 4.69. The van der Waals surface area contributed by atoms with Crippen LogP contribution in [0.25, 0.3) is 0 Å². The van der Waals surface area contributed by atoms with E-state index in [1.807, 2.05) is 4.90 Å². The first kappa shape index (κ1) is 11.7. The predicted molar refractivity (Wildman–Crippen MR) is 63.2 cm³/mol. The molecule has 0 aromatic carbocycles. The van der Waals surface area contributed by atoms with Gasteiger partial charge in [0, 0.05) is 38.8 Å². The molecule has 1 heterocycles. The third-order valence-corrected chi connectivity index (χ3v) is 3.23. The van der Waals surface area contributed by atoms with Gasteiger partial charge in [-0.15, -0.1) is 0 Å². The number of nitrogens with zero attached hydrogens (tertiary/aromatic N) is 2. The molecule has 1 aliphatic carbocycles. The van der Waals surface area contributed by atoms with Crippen LogP contribution in [0.4, 0.5) is 4.79 Å². The number of nitrogens with two attached hydrogens (primary N) is 1. The number of rotatable bonds is 3. The SMILES string of the molecule is NCCN1CCCN(C(=O)NC2CC2)CC1. The molecule has 1 aliphatic heterocycles. The molecule has 2 fully saturated rings. The van der Waals surface area contributed by atoms with E-state index in [-0.39, 0.29) is 6.03 Å². The van der Waals surface area contributed by atoms with Crippen molar-refractivity contribution in [3.05, 3.63) is 0 Å². The van der Waals surface area contributed by atoms with Gasteiger partial charge in [0.05, 0.1) is 0 Å². The maximum absolute atomic E-state index is 11.8. The molecular formula is C11H22N4O. The summed E-state index contributed by atoms with van der Waals surface area (Å²) in [4.78, 5) is 16.1. The van der Waals surface area contributed by atoms with Crippen LogP contribution in [0, 0.1) is 0 Å². The minimum Gasteiger partial charge on any atom is -0.335 e. The smallest absolute Gasteiger partial charge is 0.317 e. The second kappa shape index (κ2) is 5.50. The lowest BCUT2D eigenvalue weighted by Crippen LogP contribution is -2.43. The van der Waals surface area contributed by atoms with Gasteiger partial charge in [0.1, 0.15) is 0 Å². The molecule has 16 heavy (non-hydrogen) atoms. The highest BCUT2D eigenvalue weighted by atomic mass is 16.2. The number of nitrogens with one attached hydrogen (secondary N) is 1. The fourth-order valence-corrected chi connectivity index (χ4v) is 2.07. The molecule has 2 rings (SSSR count). The van der Waals surface area contributed by atoms with Gasteiger partial charge in [0.2, 0.25) is 0 Å². The predicted octanol–water partition coefficient (Wildman–Crippen LogP) is -0.175. The van der Waals surface area contributed by atoms with Crippen molar-refractivity contribution < 1.29 is 4.79 Å². The molecule has 0 spiro atoms. The number of carbonyl (C=O) groups is 1. The summed E-state index contributed by atoms with van der Waals surface area (Å²) in [5.41, 5.74) is 5.54. The quantitative estimate of drug-likeness (QED) is 0.702. The molecule has 0 unspecified atom stereocenters. The Balaban J connectivity index is 1.75. The largest absolute Gasteiger partial charge is 0.335 e. The molecule has 92 valence electrons. The molecule has 0 bridgehead atoms. The molecule has 0 aromatic rings. The van der Waals surface area contributed by atoms with Crippen LogP contribution in [0.15, 0.2) is 0 Å². The number of amides is 2. The van der Waals surface area contributed by atoms with Crippen molar-refractivity contribution in [2.75, 3.05) is 39.3 Å². The Morgan fingerprint density at radius 2 is 2.06 bits per heavy atom. The Morgan fingerprint density at radius 1 is 1.25 bits per heavy atom. The lowest BCUT2D eigenvalue weighted by atomic mass is 10.4. The Hall–Kier alpha value is -0.810. The second-order valence-corrected chi connectivity index (χ2v) is 4.69. The van der Waals surface area contributed by atoms with Gasteiger partial charge < -0.3 is 20.9 Å². The van der Waals surface area contributed by atoms with Gasteiger partial charge in [-0.05, 0) is 25.8 Å². The third kappa shape index (κ3) is 3.35. The van der Waals surface area contributed by atoms with E-state index in [1.165, 1.54) is 0 Å². The zero-order chi connectivity index (χ0) is 11.4. The van der Waals surface area contributed by atoms with E-state index in [4.69, 9.17) is 5.73 Å². The van der Waals surface area contributed by atoms with Gasteiger partial charge >= 0.3 is 6.03 Å². The molecule has 0 radical (unpaired) electrons. The van der Waals surface area contributed by atoms with E-state index >= 15 is 0 Å². The van der Waals surface area contributed by atoms with Crippen molar-refractivity contribution >= 4 is 6.03 Å². The molecule has 2 aliphatic rings. The van der Waals surface area contributed by atoms with Crippen molar-refractivity contribution in [1.29, 1.82) is 0 Å². The van der Waals surface area contributed by atoms with Crippen molar-refractivity contribution in [3.8, 4) is 0 Å². The Labute approximate surface area is 96.9 Å². The Morgan fingerprint density at radius 3 is 2.75 bits per heavy atom. The van der Waals surface area contributed by atoms with Crippen LogP contribution in [-0.4, -0.2) is 61.1 Å². The topological polar surface area (TPSA) is 61.6 Å². The van der Waals surface area contributed by atoms with Gasteiger partial charge in [0.25, 0.3) is 0 Å². The maximum Gasteiger partial charge on any atom is 0.317 e. The monoisotopic (exact) mass is 226 g/mol. The number of hydrogen-bond donors (Lipinski definition) is 2. The summed E-state index contributed by atoms with van der Waals surface area (Å²) in [5, 5.41) is 3.04. The summed E-state index contributed by atoms with van der Waals surface area (Å²) in [6.45, 7) is 5.37. The van der Waals surface area contributed by atoms with E-state index < -0.39 is 0 Å². The molecule has 1 saturated carbocycles. The zero-order valence-electron chi connectivity index (χ0n) is 9.82. The molecule has 2 amide bonds. The number of hydrogen-bond acceptors (Lipinski definition) is 3. The van der Waals surface area contributed by atoms with E-state index in [0.717, 1.165) is 52.0 Å². The summed E-state index contributed by atoms with van der Waals surface area (Å²) in [5.74, 6) is 0. The summed E-state index contributed by atoms with van der Waals surface area (Å²) in [7, 11) is 0. The average Bonchev–Trinajstić information content (AvgIpc) is 3.05. The molecule has 0 aromatic heterocycles. The molecular weight excluding hydrogens is 204 g/mol. The minimum atomic E-state index is 0.122. The highest BCUT2D eigenvalue weighted by molar-refractivity contribution is 5.74.